The molecule has 202 valence electrons. The normalized spacial score (nSPS) is 12.8. The Bertz CT molecular complexity index is 1590. The Labute approximate surface area is 226 Å². The van der Waals surface area contributed by atoms with Crippen LogP contribution >= 0.6 is 0 Å². The third-order valence-corrected chi connectivity index (χ3v) is 8.29. The summed E-state index contributed by atoms with van der Waals surface area (Å²) in [6, 6.07) is 18.4. The molecule has 2 aromatic heterocycles. The van der Waals surface area contributed by atoms with E-state index >= 15 is 0 Å². The molecule has 0 spiro atoms. The summed E-state index contributed by atoms with van der Waals surface area (Å²) < 4.78 is 45.1. The first-order chi connectivity index (χ1) is 18.7. The second kappa shape index (κ2) is 11.5. The fraction of sp³-hybridized carbons (Fsp3) is 0.259. The van der Waals surface area contributed by atoms with E-state index in [1.54, 1.807) is 36.4 Å². The van der Waals surface area contributed by atoms with Crippen molar-refractivity contribution < 1.29 is 27.7 Å². The van der Waals surface area contributed by atoms with Crippen LogP contribution in [-0.2, 0) is 15.6 Å². The van der Waals surface area contributed by atoms with Gasteiger partial charge in [-0.05, 0) is 42.8 Å². The van der Waals surface area contributed by atoms with E-state index in [2.05, 4.69) is 15.2 Å². The first-order valence-corrected chi connectivity index (χ1v) is 13.5. The lowest BCUT2D eigenvalue weighted by Crippen LogP contribution is -2.28. The first-order valence-electron chi connectivity index (χ1n) is 11.8. The number of aliphatic hydroxyl groups excluding tert-OH is 1. The van der Waals surface area contributed by atoms with Crippen molar-refractivity contribution >= 4 is 9.84 Å². The zero-order valence-electron chi connectivity index (χ0n) is 21.8. The van der Waals surface area contributed by atoms with Gasteiger partial charge in [0.2, 0.25) is 5.88 Å². The van der Waals surface area contributed by atoms with Crippen molar-refractivity contribution in [1.29, 1.82) is 5.26 Å². The molecule has 0 aliphatic carbocycles. The molecule has 0 fully saturated rings. The van der Waals surface area contributed by atoms with Crippen LogP contribution in [0, 0.1) is 11.3 Å². The zero-order chi connectivity index (χ0) is 28.2. The van der Waals surface area contributed by atoms with E-state index in [-0.39, 0.29) is 11.6 Å². The zero-order valence-corrected chi connectivity index (χ0v) is 22.6. The minimum Gasteiger partial charge on any atom is -0.494 e. The second-order valence-corrected chi connectivity index (χ2v) is 10.9. The summed E-state index contributed by atoms with van der Waals surface area (Å²) in [4.78, 5) is 4.45. The Balaban J connectivity index is 1.82. The van der Waals surface area contributed by atoms with Crippen LogP contribution in [-0.4, -0.2) is 59.9 Å². The lowest BCUT2D eigenvalue weighted by atomic mass is 10.1. The molecule has 2 atom stereocenters. The number of para-hydroxylation sites is 1. The van der Waals surface area contributed by atoms with E-state index in [0.717, 1.165) is 0 Å². The Morgan fingerprint density at radius 1 is 0.949 bits per heavy atom. The van der Waals surface area contributed by atoms with Gasteiger partial charge in [0.1, 0.15) is 28.6 Å². The number of ether oxygens (including phenoxy) is 3. The highest BCUT2D eigenvalue weighted by Crippen LogP contribution is 2.37. The van der Waals surface area contributed by atoms with Crippen molar-refractivity contribution in [3.8, 4) is 40.7 Å². The Morgan fingerprint density at radius 3 is 2.18 bits per heavy atom. The third kappa shape index (κ3) is 5.55. The topological polar surface area (TPSA) is 149 Å². The number of sulfone groups is 1. The first kappa shape index (κ1) is 27.6. The number of aliphatic hydroxyl groups is 1. The van der Waals surface area contributed by atoms with Gasteiger partial charge in [0.05, 0.1) is 44.3 Å². The number of hydrogen-bond donors (Lipinski definition) is 1. The number of hydrogen-bond acceptors (Lipinski definition) is 10. The molecule has 11 nitrogen and oxygen atoms in total. The van der Waals surface area contributed by atoms with E-state index in [1.807, 2.05) is 6.07 Å². The number of aromatic nitrogens is 4. The van der Waals surface area contributed by atoms with Crippen LogP contribution in [0.3, 0.4) is 0 Å². The SMILES string of the molecule is COc1cccc(-c2nnc(CS(=O)(=O)[C@@H](C)[C@@H](O)c3ccc(C#N)cc3)n2-c2c(OC)cccc2OC)n1. The maximum absolute atomic E-state index is 13.6. The number of methoxy groups -OCH3 is 3. The summed E-state index contributed by atoms with van der Waals surface area (Å²) in [5.74, 6) is 0.866. The molecule has 0 saturated carbocycles. The highest BCUT2D eigenvalue weighted by atomic mass is 32.2. The number of nitrogens with zero attached hydrogens (tertiary/aromatic N) is 5. The van der Waals surface area contributed by atoms with Gasteiger partial charge < -0.3 is 19.3 Å². The van der Waals surface area contributed by atoms with Crippen LogP contribution in [0.4, 0.5) is 0 Å². The molecule has 12 heteroatoms. The minimum absolute atomic E-state index is 0.0660. The number of pyridine rings is 1. The molecule has 2 aromatic carbocycles. The van der Waals surface area contributed by atoms with Gasteiger partial charge in [0.25, 0.3) is 0 Å². The van der Waals surface area contributed by atoms with Gasteiger partial charge in [0.15, 0.2) is 21.5 Å². The van der Waals surface area contributed by atoms with E-state index in [4.69, 9.17) is 19.5 Å². The quantitative estimate of drug-likeness (QED) is 0.312. The molecule has 0 radical (unpaired) electrons. The maximum Gasteiger partial charge on any atom is 0.213 e. The van der Waals surface area contributed by atoms with Gasteiger partial charge in [-0.2, -0.15) is 5.26 Å². The van der Waals surface area contributed by atoms with Crippen LogP contribution < -0.4 is 14.2 Å². The third-order valence-electron chi connectivity index (χ3n) is 6.24. The molecule has 0 bridgehead atoms. The highest BCUT2D eigenvalue weighted by Gasteiger charge is 2.33. The lowest BCUT2D eigenvalue weighted by Gasteiger charge is -2.21. The summed E-state index contributed by atoms with van der Waals surface area (Å²) >= 11 is 0. The van der Waals surface area contributed by atoms with E-state index in [9.17, 15) is 13.5 Å². The Hall–Kier alpha value is -4.47. The largest absolute Gasteiger partial charge is 0.494 e. The number of rotatable bonds is 10. The molecule has 4 aromatic rings. The summed E-state index contributed by atoms with van der Waals surface area (Å²) in [5.41, 5.74) is 1.54. The summed E-state index contributed by atoms with van der Waals surface area (Å²) in [6.45, 7) is 1.42. The molecular formula is C27H27N5O6S. The molecule has 0 unspecified atom stereocenters. The van der Waals surface area contributed by atoms with E-state index < -0.39 is 26.9 Å². The van der Waals surface area contributed by atoms with Crippen LogP contribution in [0.1, 0.15) is 30.0 Å². The highest BCUT2D eigenvalue weighted by molar-refractivity contribution is 7.91. The van der Waals surface area contributed by atoms with Crippen molar-refractivity contribution in [2.45, 2.75) is 24.0 Å². The van der Waals surface area contributed by atoms with Gasteiger partial charge in [-0.15, -0.1) is 10.2 Å². The lowest BCUT2D eigenvalue weighted by molar-refractivity contribution is 0.176. The number of nitriles is 1. The standard InChI is InChI=1S/C27H27N5O6S/c1-17(26(33)19-13-11-18(15-28)12-14-19)39(34,35)16-23-30-31-27(20-7-5-10-24(29-20)38-4)32(23)25-21(36-2)8-6-9-22(25)37-3/h5-14,17,26,33H,16H2,1-4H3/t17-,26+/m0/s1. The molecule has 2 heterocycles. The molecule has 0 amide bonds. The van der Waals surface area contributed by atoms with Gasteiger partial charge in [-0.25, -0.2) is 13.4 Å². The van der Waals surface area contributed by atoms with Crippen molar-refractivity contribution in [2.75, 3.05) is 21.3 Å². The van der Waals surface area contributed by atoms with Crippen molar-refractivity contribution in [2.24, 2.45) is 0 Å². The summed E-state index contributed by atoms with van der Waals surface area (Å²) in [6.07, 6.45) is -1.33. The smallest absolute Gasteiger partial charge is 0.213 e. The van der Waals surface area contributed by atoms with Crippen molar-refractivity contribution in [3.05, 3.63) is 77.6 Å². The average molecular weight is 550 g/mol. The maximum atomic E-state index is 13.6. The summed E-state index contributed by atoms with van der Waals surface area (Å²) in [7, 11) is 0.461. The van der Waals surface area contributed by atoms with Crippen LogP contribution in [0.25, 0.3) is 17.2 Å². The van der Waals surface area contributed by atoms with Crippen molar-refractivity contribution in [3.63, 3.8) is 0 Å². The molecule has 0 saturated heterocycles. The van der Waals surface area contributed by atoms with Crippen molar-refractivity contribution in [1.82, 2.24) is 19.7 Å². The minimum atomic E-state index is -3.99. The van der Waals surface area contributed by atoms with Crippen LogP contribution in [0.2, 0.25) is 0 Å². The predicted octanol–water partition coefficient (Wildman–Crippen LogP) is 3.26. The Kier molecular flexibility index (Phi) is 8.13. The molecule has 1 N–H and O–H groups in total. The molecule has 4 rings (SSSR count). The summed E-state index contributed by atoms with van der Waals surface area (Å²) in [5, 5.41) is 27.2. The van der Waals surface area contributed by atoms with E-state index in [1.165, 1.54) is 57.1 Å². The van der Waals surface area contributed by atoms with Gasteiger partial charge in [-0.3, -0.25) is 4.57 Å². The molecule has 39 heavy (non-hydrogen) atoms. The number of benzene rings is 2. The van der Waals surface area contributed by atoms with Gasteiger partial charge >= 0.3 is 0 Å². The Morgan fingerprint density at radius 2 is 1.59 bits per heavy atom. The van der Waals surface area contributed by atoms with Gasteiger partial charge in [-0.1, -0.05) is 24.3 Å². The van der Waals surface area contributed by atoms with Gasteiger partial charge in [0, 0.05) is 6.07 Å². The van der Waals surface area contributed by atoms with E-state index in [0.29, 0.717) is 39.9 Å². The second-order valence-electron chi connectivity index (χ2n) is 8.54. The molecule has 0 aliphatic heterocycles. The molecule has 0 aliphatic rings. The molecular weight excluding hydrogens is 522 g/mol. The predicted molar refractivity (Wildman–Crippen MR) is 142 cm³/mol. The van der Waals surface area contributed by atoms with Crippen LogP contribution in [0.15, 0.2) is 60.7 Å². The fourth-order valence-corrected chi connectivity index (χ4v) is 5.41. The monoisotopic (exact) mass is 549 g/mol. The average Bonchev–Trinajstić information content (AvgIpc) is 3.37. The fourth-order valence-electron chi connectivity index (χ4n) is 4.05. The van der Waals surface area contributed by atoms with Crippen LogP contribution in [0.5, 0.6) is 17.4 Å².